The highest BCUT2D eigenvalue weighted by Crippen LogP contribution is 2.45. The first-order valence-corrected chi connectivity index (χ1v) is 11.6. The second-order valence-corrected chi connectivity index (χ2v) is 9.07. The summed E-state index contributed by atoms with van der Waals surface area (Å²) in [5.74, 6) is -1.55. The molecule has 1 heterocycles. The number of hydrogen-bond acceptors (Lipinski definition) is 4. The molecule has 1 unspecified atom stereocenters. The van der Waals surface area contributed by atoms with Crippen LogP contribution in [0.1, 0.15) is 45.9 Å². The third-order valence-corrected chi connectivity index (χ3v) is 6.28. The van der Waals surface area contributed by atoms with Gasteiger partial charge in [0.15, 0.2) is 0 Å². The summed E-state index contributed by atoms with van der Waals surface area (Å²) in [7, 11) is 0. The molecule has 0 aliphatic carbocycles. The number of benzene rings is 3. The van der Waals surface area contributed by atoms with E-state index in [0.717, 1.165) is 5.56 Å². The molecule has 176 valence electrons. The van der Waals surface area contributed by atoms with Crippen LogP contribution in [0.15, 0.2) is 72.8 Å². The van der Waals surface area contributed by atoms with E-state index in [-0.39, 0.29) is 19.1 Å². The third-order valence-electron chi connectivity index (χ3n) is 5.72. The molecule has 8 heteroatoms. The molecule has 34 heavy (non-hydrogen) atoms. The van der Waals surface area contributed by atoms with Crippen LogP contribution in [0.25, 0.3) is 0 Å². The average Bonchev–Trinajstić information content (AvgIpc) is 2.81. The first-order chi connectivity index (χ1) is 16.4. The van der Waals surface area contributed by atoms with Crippen molar-refractivity contribution in [1.82, 2.24) is 10.4 Å². The van der Waals surface area contributed by atoms with Gasteiger partial charge in [-0.05, 0) is 41.8 Å². The number of hydroxylamine groups is 1. The topological polar surface area (TPSA) is 78.9 Å². The molecule has 0 fully saturated rings. The van der Waals surface area contributed by atoms with Crippen molar-refractivity contribution in [3.05, 3.63) is 105 Å². The zero-order valence-corrected chi connectivity index (χ0v) is 20.0. The smallest absolute Gasteiger partial charge is 0.254 e. The number of nitrogens with zero attached hydrogens (tertiary/aromatic N) is 1. The van der Waals surface area contributed by atoms with Crippen LogP contribution in [-0.4, -0.2) is 34.5 Å². The standard InChI is InChI=1S/C26H24Cl2N2O4/c1-16(31)14-30-24(21-12-11-18(27)13-22(21)28)23(19-9-5-6-10-20(19)26(30)33)25(32)29-34-15-17-7-3-2-4-8-17/h2-13,16,23-24,31H,14-15H2,1H3,(H,29,32)/t16?,23-,24+/m1/s1. The molecule has 4 rings (SSSR count). The summed E-state index contributed by atoms with van der Waals surface area (Å²) in [5, 5.41) is 10.9. The molecular formula is C26H24Cl2N2O4. The maximum atomic E-state index is 13.5. The number of carbonyl (C=O) groups excluding carboxylic acids is 2. The lowest BCUT2D eigenvalue weighted by atomic mass is 9.79. The number of rotatable bonds is 7. The summed E-state index contributed by atoms with van der Waals surface area (Å²) in [6, 6.07) is 20.6. The van der Waals surface area contributed by atoms with Crippen molar-refractivity contribution in [3.63, 3.8) is 0 Å². The van der Waals surface area contributed by atoms with Crippen LogP contribution >= 0.6 is 23.2 Å². The van der Waals surface area contributed by atoms with Crippen molar-refractivity contribution in [2.45, 2.75) is 31.6 Å². The van der Waals surface area contributed by atoms with Crippen LogP contribution < -0.4 is 5.48 Å². The van der Waals surface area contributed by atoms with Crippen molar-refractivity contribution >= 4 is 35.0 Å². The zero-order valence-electron chi connectivity index (χ0n) is 18.4. The summed E-state index contributed by atoms with van der Waals surface area (Å²) in [4.78, 5) is 34.0. The number of β-amino-alcohol motifs (C(OH)–C–C–N with tert-alkyl or cyclic N) is 1. The molecule has 3 aromatic carbocycles. The van der Waals surface area contributed by atoms with Crippen LogP contribution in [0.2, 0.25) is 10.0 Å². The monoisotopic (exact) mass is 498 g/mol. The van der Waals surface area contributed by atoms with Crippen molar-refractivity contribution in [1.29, 1.82) is 0 Å². The molecule has 0 saturated carbocycles. The number of aliphatic hydroxyl groups is 1. The fourth-order valence-corrected chi connectivity index (χ4v) is 4.80. The van der Waals surface area contributed by atoms with Crippen LogP contribution in [-0.2, 0) is 16.2 Å². The Balaban J connectivity index is 1.74. The number of amides is 2. The van der Waals surface area contributed by atoms with Gasteiger partial charge < -0.3 is 10.0 Å². The van der Waals surface area contributed by atoms with E-state index in [4.69, 9.17) is 28.0 Å². The van der Waals surface area contributed by atoms with Crippen LogP contribution in [0.5, 0.6) is 0 Å². The minimum absolute atomic E-state index is 0.0193. The van der Waals surface area contributed by atoms with Gasteiger partial charge in [-0.3, -0.25) is 14.4 Å². The molecule has 3 atom stereocenters. The van der Waals surface area contributed by atoms with E-state index in [0.29, 0.717) is 26.7 Å². The maximum absolute atomic E-state index is 13.5. The summed E-state index contributed by atoms with van der Waals surface area (Å²) in [6.07, 6.45) is -0.819. The number of carbonyl (C=O) groups is 2. The number of fused-ring (bicyclic) bond motifs is 1. The zero-order chi connectivity index (χ0) is 24.2. The van der Waals surface area contributed by atoms with Gasteiger partial charge in [0.25, 0.3) is 11.8 Å². The second kappa shape index (κ2) is 10.6. The molecule has 0 saturated heterocycles. The molecule has 1 aliphatic heterocycles. The Morgan fingerprint density at radius 2 is 1.76 bits per heavy atom. The van der Waals surface area contributed by atoms with Crippen molar-refractivity contribution in [3.8, 4) is 0 Å². The number of nitrogens with one attached hydrogen (secondary N) is 1. The summed E-state index contributed by atoms with van der Waals surface area (Å²) in [6.45, 7) is 1.79. The lowest BCUT2D eigenvalue weighted by molar-refractivity contribution is -0.138. The van der Waals surface area contributed by atoms with E-state index in [1.54, 1.807) is 49.4 Å². The van der Waals surface area contributed by atoms with Gasteiger partial charge in [0, 0.05) is 22.2 Å². The summed E-state index contributed by atoms with van der Waals surface area (Å²) < 4.78 is 0. The Bertz CT molecular complexity index is 1190. The molecule has 1 aliphatic rings. The average molecular weight is 499 g/mol. The Hall–Kier alpha value is -2.90. The first kappa shape index (κ1) is 24.2. The fraction of sp³-hybridized carbons (Fsp3) is 0.231. The van der Waals surface area contributed by atoms with Crippen molar-refractivity contribution in [2.24, 2.45) is 0 Å². The van der Waals surface area contributed by atoms with Crippen molar-refractivity contribution in [2.75, 3.05) is 6.54 Å². The highest BCUT2D eigenvalue weighted by Gasteiger charge is 2.45. The maximum Gasteiger partial charge on any atom is 0.254 e. The normalized spacial score (nSPS) is 18.4. The highest BCUT2D eigenvalue weighted by molar-refractivity contribution is 6.35. The van der Waals surface area contributed by atoms with Crippen LogP contribution in [0.4, 0.5) is 0 Å². The van der Waals surface area contributed by atoms with Gasteiger partial charge in [0.05, 0.1) is 24.7 Å². The van der Waals surface area contributed by atoms with E-state index in [9.17, 15) is 14.7 Å². The third kappa shape index (κ3) is 5.10. The van der Waals surface area contributed by atoms with Crippen LogP contribution in [0, 0.1) is 0 Å². The molecule has 6 nitrogen and oxygen atoms in total. The van der Waals surface area contributed by atoms with Crippen molar-refractivity contribution < 1.29 is 19.5 Å². The van der Waals surface area contributed by atoms with Gasteiger partial charge in [0.2, 0.25) is 0 Å². The fourth-order valence-electron chi connectivity index (χ4n) is 4.28. The lowest BCUT2D eigenvalue weighted by Crippen LogP contribution is -2.49. The van der Waals surface area contributed by atoms with Gasteiger partial charge >= 0.3 is 0 Å². The van der Waals surface area contributed by atoms with E-state index in [1.165, 1.54) is 4.90 Å². The van der Waals surface area contributed by atoms with E-state index in [1.807, 2.05) is 30.3 Å². The minimum atomic E-state index is -0.831. The highest BCUT2D eigenvalue weighted by atomic mass is 35.5. The minimum Gasteiger partial charge on any atom is -0.392 e. The molecule has 3 aromatic rings. The van der Waals surface area contributed by atoms with Crippen LogP contribution in [0.3, 0.4) is 0 Å². The quantitative estimate of drug-likeness (QED) is 0.454. The summed E-state index contributed by atoms with van der Waals surface area (Å²) in [5.41, 5.74) is 4.96. The summed E-state index contributed by atoms with van der Waals surface area (Å²) >= 11 is 12.7. The van der Waals surface area contributed by atoms with Gasteiger partial charge in [-0.25, -0.2) is 5.48 Å². The van der Waals surface area contributed by atoms with E-state index >= 15 is 0 Å². The Labute approximate surface area is 208 Å². The molecule has 2 amide bonds. The Morgan fingerprint density at radius 1 is 1.06 bits per heavy atom. The number of halogens is 2. The molecule has 0 spiro atoms. The number of aliphatic hydroxyl groups excluding tert-OH is 1. The Morgan fingerprint density at radius 3 is 2.47 bits per heavy atom. The van der Waals surface area contributed by atoms with Gasteiger partial charge in [-0.1, -0.05) is 77.8 Å². The molecule has 0 aromatic heterocycles. The van der Waals surface area contributed by atoms with Gasteiger partial charge in [-0.2, -0.15) is 0 Å². The van der Waals surface area contributed by atoms with Gasteiger partial charge in [-0.15, -0.1) is 0 Å². The van der Waals surface area contributed by atoms with Gasteiger partial charge in [0.1, 0.15) is 0 Å². The number of hydrogen-bond donors (Lipinski definition) is 2. The first-order valence-electron chi connectivity index (χ1n) is 10.8. The molecular weight excluding hydrogens is 475 g/mol. The van der Waals surface area contributed by atoms with E-state index in [2.05, 4.69) is 5.48 Å². The lowest BCUT2D eigenvalue weighted by Gasteiger charge is -2.42. The second-order valence-electron chi connectivity index (χ2n) is 8.22. The molecule has 2 N–H and O–H groups in total. The largest absolute Gasteiger partial charge is 0.392 e. The predicted molar refractivity (Wildman–Crippen MR) is 130 cm³/mol. The molecule has 0 bridgehead atoms. The Kier molecular flexibility index (Phi) is 7.54. The molecule has 0 radical (unpaired) electrons. The predicted octanol–water partition coefficient (Wildman–Crippen LogP) is 4.90. The van der Waals surface area contributed by atoms with E-state index < -0.39 is 24.0 Å². The SMILES string of the molecule is CC(O)CN1C(=O)c2ccccc2[C@@H](C(=O)NOCc2ccccc2)[C@@H]1c1ccc(Cl)cc1Cl.